The maximum Gasteiger partial charge on any atom is 0.407 e. The van der Waals surface area contributed by atoms with Gasteiger partial charge in [-0.05, 0) is 31.0 Å². The van der Waals surface area contributed by atoms with Crippen molar-refractivity contribution in [3.63, 3.8) is 0 Å². The quantitative estimate of drug-likeness (QED) is 0.914. The van der Waals surface area contributed by atoms with Crippen LogP contribution in [0.2, 0.25) is 0 Å². The highest BCUT2D eigenvalue weighted by Gasteiger charge is 2.22. The molecule has 0 saturated carbocycles. The molecule has 0 unspecified atom stereocenters. The molecule has 1 heterocycles. The molecule has 1 saturated heterocycles. The van der Waals surface area contributed by atoms with Crippen molar-refractivity contribution in [1.29, 1.82) is 0 Å². The molecular weight excluding hydrogens is 282 g/mol. The molecule has 1 aliphatic heterocycles. The van der Waals surface area contributed by atoms with Gasteiger partial charge in [-0.25, -0.2) is 4.79 Å². The summed E-state index contributed by atoms with van der Waals surface area (Å²) >= 11 is 0. The van der Waals surface area contributed by atoms with E-state index in [4.69, 9.17) is 0 Å². The van der Waals surface area contributed by atoms with Crippen molar-refractivity contribution in [2.24, 2.45) is 0 Å². The van der Waals surface area contributed by atoms with Gasteiger partial charge in [-0.3, -0.25) is 4.79 Å². The minimum Gasteiger partial charge on any atom is -0.453 e. The molecule has 2 amide bonds. The Kier molecular flexibility index (Phi) is 5.25. The molecule has 1 fully saturated rings. The predicted molar refractivity (Wildman–Crippen MR) is 85.1 cm³/mol. The van der Waals surface area contributed by atoms with E-state index in [2.05, 4.69) is 47.0 Å². The molecule has 0 spiro atoms. The number of carbonyl (C=O) groups is 2. The summed E-state index contributed by atoms with van der Waals surface area (Å²) in [6.07, 6.45) is -0.581. The first kappa shape index (κ1) is 16.1. The molecule has 22 heavy (non-hydrogen) atoms. The second kappa shape index (κ2) is 7.15. The molecule has 0 aromatic heterocycles. The number of nitrogens with zero attached hydrogens (tertiary/aromatic N) is 2. The third-order valence-electron chi connectivity index (χ3n) is 4.12. The molecular formula is C16H23N3O3. The van der Waals surface area contributed by atoms with Crippen molar-refractivity contribution in [2.45, 2.75) is 13.8 Å². The first-order valence-electron chi connectivity index (χ1n) is 7.43. The smallest absolute Gasteiger partial charge is 0.407 e. The Balaban J connectivity index is 1.89. The fourth-order valence-electron chi connectivity index (χ4n) is 2.61. The summed E-state index contributed by atoms with van der Waals surface area (Å²) in [5, 5.41) is 2.42. The highest BCUT2D eigenvalue weighted by Crippen LogP contribution is 2.23. The third kappa shape index (κ3) is 3.69. The van der Waals surface area contributed by atoms with Gasteiger partial charge in [-0.15, -0.1) is 0 Å². The van der Waals surface area contributed by atoms with Gasteiger partial charge in [0.1, 0.15) is 6.54 Å². The predicted octanol–water partition coefficient (Wildman–Crippen LogP) is 1.31. The number of piperazine rings is 1. The number of hydrogen-bond donors (Lipinski definition) is 1. The number of nitrogens with one attached hydrogen (secondary N) is 1. The van der Waals surface area contributed by atoms with Gasteiger partial charge in [-0.1, -0.05) is 12.1 Å². The number of aryl methyl sites for hydroxylation is 1. The van der Waals surface area contributed by atoms with Crippen LogP contribution in [0.5, 0.6) is 0 Å². The van der Waals surface area contributed by atoms with Crippen LogP contribution in [0.3, 0.4) is 0 Å². The van der Waals surface area contributed by atoms with Gasteiger partial charge in [0.15, 0.2) is 0 Å². The topological polar surface area (TPSA) is 61.9 Å². The molecule has 0 radical (unpaired) electrons. The minimum absolute atomic E-state index is 0.0177. The van der Waals surface area contributed by atoms with Crippen molar-refractivity contribution >= 4 is 17.7 Å². The fraction of sp³-hybridized carbons (Fsp3) is 0.500. The van der Waals surface area contributed by atoms with Gasteiger partial charge >= 0.3 is 6.09 Å². The number of alkyl carbamates (subject to hydrolysis) is 1. The first-order valence-corrected chi connectivity index (χ1v) is 7.43. The van der Waals surface area contributed by atoms with Crippen molar-refractivity contribution < 1.29 is 14.3 Å². The van der Waals surface area contributed by atoms with Gasteiger partial charge < -0.3 is 19.9 Å². The monoisotopic (exact) mass is 305 g/mol. The van der Waals surface area contributed by atoms with Crippen LogP contribution in [0.4, 0.5) is 10.5 Å². The van der Waals surface area contributed by atoms with Gasteiger partial charge in [0.05, 0.1) is 7.11 Å². The minimum atomic E-state index is -0.581. The molecule has 6 nitrogen and oxygen atoms in total. The summed E-state index contributed by atoms with van der Waals surface area (Å²) in [4.78, 5) is 27.1. The summed E-state index contributed by atoms with van der Waals surface area (Å²) < 4.78 is 4.46. The molecule has 6 heteroatoms. The van der Waals surface area contributed by atoms with E-state index in [0.717, 1.165) is 13.1 Å². The Bertz CT molecular complexity index is 552. The summed E-state index contributed by atoms with van der Waals surface area (Å²) in [7, 11) is 1.28. The van der Waals surface area contributed by atoms with E-state index >= 15 is 0 Å². The van der Waals surface area contributed by atoms with Gasteiger partial charge in [0, 0.05) is 31.9 Å². The lowest BCUT2D eigenvalue weighted by molar-refractivity contribution is -0.130. The molecule has 0 atom stereocenters. The summed E-state index contributed by atoms with van der Waals surface area (Å²) in [6, 6.07) is 6.30. The van der Waals surface area contributed by atoms with Crippen molar-refractivity contribution in [2.75, 3.05) is 44.7 Å². The van der Waals surface area contributed by atoms with Crippen LogP contribution in [0.15, 0.2) is 18.2 Å². The van der Waals surface area contributed by atoms with E-state index in [1.807, 2.05) is 0 Å². The summed E-state index contributed by atoms with van der Waals surface area (Å²) in [5.74, 6) is -0.0778. The standard InChI is InChI=1S/C16H23N3O3/c1-12-5-4-6-14(13(12)2)18-7-9-19(10-8-18)15(20)11-17-16(21)22-3/h4-6H,7-11H2,1-3H3,(H,17,21). The largest absolute Gasteiger partial charge is 0.453 e. The zero-order valence-corrected chi connectivity index (χ0v) is 13.4. The van der Waals surface area contributed by atoms with E-state index in [1.54, 1.807) is 4.90 Å². The van der Waals surface area contributed by atoms with E-state index in [1.165, 1.54) is 23.9 Å². The number of amides is 2. The van der Waals surface area contributed by atoms with Crippen LogP contribution < -0.4 is 10.2 Å². The van der Waals surface area contributed by atoms with Crippen LogP contribution in [0, 0.1) is 13.8 Å². The summed E-state index contributed by atoms with van der Waals surface area (Å²) in [6.45, 7) is 7.14. The van der Waals surface area contributed by atoms with E-state index < -0.39 is 6.09 Å². The Morgan fingerprint density at radius 2 is 1.86 bits per heavy atom. The molecule has 0 bridgehead atoms. The highest BCUT2D eigenvalue weighted by atomic mass is 16.5. The second-order valence-corrected chi connectivity index (χ2v) is 5.43. The lowest BCUT2D eigenvalue weighted by atomic mass is 10.1. The average Bonchev–Trinajstić information content (AvgIpc) is 2.55. The highest BCUT2D eigenvalue weighted by molar-refractivity contribution is 5.82. The average molecular weight is 305 g/mol. The number of rotatable bonds is 3. The van der Waals surface area contributed by atoms with Crippen molar-refractivity contribution in [3.05, 3.63) is 29.3 Å². The lowest BCUT2D eigenvalue weighted by Crippen LogP contribution is -2.51. The molecule has 120 valence electrons. The Morgan fingerprint density at radius 1 is 1.18 bits per heavy atom. The molecule has 1 aromatic rings. The zero-order valence-electron chi connectivity index (χ0n) is 13.4. The van der Waals surface area contributed by atoms with E-state index in [9.17, 15) is 9.59 Å². The third-order valence-corrected chi connectivity index (χ3v) is 4.12. The first-order chi connectivity index (χ1) is 10.5. The van der Waals surface area contributed by atoms with Crippen molar-refractivity contribution in [1.82, 2.24) is 10.2 Å². The van der Waals surface area contributed by atoms with Crippen LogP contribution in [-0.4, -0.2) is 56.7 Å². The molecule has 1 aromatic carbocycles. The summed E-state index contributed by atoms with van der Waals surface area (Å²) in [5.41, 5.74) is 3.80. The maximum absolute atomic E-state index is 12.0. The zero-order chi connectivity index (χ0) is 16.1. The van der Waals surface area contributed by atoms with E-state index in [0.29, 0.717) is 13.1 Å². The normalized spacial score (nSPS) is 14.7. The number of anilines is 1. The Hall–Kier alpha value is -2.24. The second-order valence-electron chi connectivity index (χ2n) is 5.43. The number of ether oxygens (including phenoxy) is 1. The number of benzene rings is 1. The molecule has 0 aliphatic carbocycles. The Morgan fingerprint density at radius 3 is 2.50 bits per heavy atom. The van der Waals surface area contributed by atoms with Crippen molar-refractivity contribution in [3.8, 4) is 0 Å². The van der Waals surface area contributed by atoms with Gasteiger partial charge in [0.25, 0.3) is 0 Å². The number of methoxy groups -OCH3 is 1. The molecule has 1 N–H and O–H groups in total. The van der Waals surface area contributed by atoms with Gasteiger partial charge in [-0.2, -0.15) is 0 Å². The molecule has 2 rings (SSSR count). The number of carbonyl (C=O) groups excluding carboxylic acids is 2. The van der Waals surface area contributed by atoms with Gasteiger partial charge in [0.2, 0.25) is 5.91 Å². The maximum atomic E-state index is 12.0. The van der Waals surface area contributed by atoms with Crippen LogP contribution >= 0.6 is 0 Å². The Labute approximate surface area is 131 Å². The van der Waals surface area contributed by atoms with Crippen LogP contribution in [-0.2, 0) is 9.53 Å². The molecule has 1 aliphatic rings. The SMILES string of the molecule is COC(=O)NCC(=O)N1CCN(c2cccc(C)c2C)CC1. The van der Waals surface area contributed by atoms with Crippen LogP contribution in [0.25, 0.3) is 0 Å². The number of hydrogen-bond acceptors (Lipinski definition) is 4. The van der Waals surface area contributed by atoms with Crippen LogP contribution in [0.1, 0.15) is 11.1 Å². The fourth-order valence-corrected chi connectivity index (χ4v) is 2.61. The van der Waals surface area contributed by atoms with E-state index in [-0.39, 0.29) is 12.5 Å². The lowest BCUT2D eigenvalue weighted by Gasteiger charge is -2.37.